The van der Waals surface area contributed by atoms with Gasteiger partial charge in [-0.2, -0.15) is 0 Å². The number of hydrogen-bond donors (Lipinski definition) is 2. The van der Waals surface area contributed by atoms with Crippen LogP contribution in [0.15, 0.2) is 23.2 Å². The van der Waals surface area contributed by atoms with E-state index in [1.165, 1.54) is 0 Å². The van der Waals surface area contributed by atoms with E-state index in [4.69, 9.17) is 10.6 Å². The maximum Gasteiger partial charge on any atom is 0.208 e. The first-order valence-electron chi connectivity index (χ1n) is 6.89. The Morgan fingerprint density at radius 3 is 2.95 bits per heavy atom. The largest absolute Gasteiger partial charge is 0.382 e. The molecule has 0 amide bonds. The normalized spacial score (nSPS) is 11.5. The average molecular weight is 279 g/mol. The van der Waals surface area contributed by atoms with Crippen molar-refractivity contribution in [1.82, 2.24) is 15.3 Å². The molecule has 1 heterocycles. The van der Waals surface area contributed by atoms with Crippen LogP contribution in [0.5, 0.6) is 0 Å². The number of aliphatic imine (C=N–C) groups is 1. The summed E-state index contributed by atoms with van der Waals surface area (Å²) < 4.78 is 5.27. The minimum absolute atomic E-state index is 0.657. The summed E-state index contributed by atoms with van der Waals surface area (Å²) in [5.74, 6) is 6.18. The molecule has 0 aromatic carbocycles. The number of nitrogens with zero attached hydrogens (tertiary/aromatic N) is 3. The maximum absolute atomic E-state index is 5.52. The third-order valence-corrected chi connectivity index (χ3v) is 2.75. The van der Waals surface area contributed by atoms with Crippen molar-refractivity contribution in [3.63, 3.8) is 0 Å². The van der Waals surface area contributed by atoms with E-state index in [9.17, 15) is 0 Å². The Balaban J connectivity index is 2.49. The van der Waals surface area contributed by atoms with Gasteiger partial charge in [0.1, 0.15) is 0 Å². The number of hydrogen-bond acceptors (Lipinski definition) is 4. The smallest absolute Gasteiger partial charge is 0.208 e. The number of hydrazine groups is 1. The SMILES string of the molecule is CCOCCCN=C(NN)N(C)Cc1cccc(C)n1. The fourth-order valence-electron chi connectivity index (χ4n) is 1.78. The molecule has 0 aliphatic rings. The number of rotatable bonds is 7. The zero-order chi connectivity index (χ0) is 14.8. The molecule has 1 aromatic heterocycles. The van der Waals surface area contributed by atoms with Gasteiger partial charge >= 0.3 is 0 Å². The van der Waals surface area contributed by atoms with Gasteiger partial charge in [-0.25, -0.2) is 5.84 Å². The average Bonchev–Trinajstić information content (AvgIpc) is 2.42. The zero-order valence-corrected chi connectivity index (χ0v) is 12.6. The third kappa shape index (κ3) is 5.99. The lowest BCUT2D eigenvalue weighted by atomic mass is 10.3. The molecule has 0 spiro atoms. The summed E-state index contributed by atoms with van der Waals surface area (Å²) in [6, 6.07) is 5.97. The summed E-state index contributed by atoms with van der Waals surface area (Å²) in [5, 5.41) is 0. The summed E-state index contributed by atoms with van der Waals surface area (Å²) in [4.78, 5) is 10.8. The summed E-state index contributed by atoms with van der Waals surface area (Å²) in [6.07, 6.45) is 0.884. The van der Waals surface area contributed by atoms with Crippen LogP contribution in [0.3, 0.4) is 0 Å². The lowest BCUT2D eigenvalue weighted by molar-refractivity contribution is 0.146. The standard InChI is InChI=1S/C14H25N5O/c1-4-20-10-6-9-16-14(18-15)19(3)11-13-8-5-7-12(2)17-13/h5,7-8H,4,6,9-11,15H2,1-3H3,(H,16,18). The highest BCUT2D eigenvalue weighted by Gasteiger charge is 2.06. The highest BCUT2D eigenvalue weighted by atomic mass is 16.5. The van der Waals surface area contributed by atoms with E-state index < -0.39 is 0 Å². The Labute approximate surface area is 121 Å². The van der Waals surface area contributed by atoms with Crippen LogP contribution in [0.1, 0.15) is 24.7 Å². The van der Waals surface area contributed by atoms with Crippen molar-refractivity contribution in [2.75, 3.05) is 26.8 Å². The van der Waals surface area contributed by atoms with Crippen LogP contribution in [0, 0.1) is 6.92 Å². The Bertz CT molecular complexity index is 422. The number of ether oxygens (including phenoxy) is 1. The summed E-state index contributed by atoms with van der Waals surface area (Å²) in [5.41, 5.74) is 4.63. The molecule has 1 rings (SSSR count). The first-order valence-corrected chi connectivity index (χ1v) is 6.89. The second kappa shape index (κ2) is 9.28. The van der Waals surface area contributed by atoms with E-state index in [0.717, 1.165) is 31.0 Å². The predicted molar refractivity (Wildman–Crippen MR) is 81.2 cm³/mol. The zero-order valence-electron chi connectivity index (χ0n) is 12.6. The molecule has 0 radical (unpaired) electrons. The van der Waals surface area contributed by atoms with Gasteiger partial charge in [0.15, 0.2) is 0 Å². The number of nitrogens with one attached hydrogen (secondary N) is 1. The fourth-order valence-corrected chi connectivity index (χ4v) is 1.78. The molecule has 6 nitrogen and oxygen atoms in total. The minimum atomic E-state index is 0.657. The Hall–Kier alpha value is -1.66. The van der Waals surface area contributed by atoms with Gasteiger partial charge in [0.05, 0.1) is 12.2 Å². The molecule has 20 heavy (non-hydrogen) atoms. The van der Waals surface area contributed by atoms with E-state index in [0.29, 0.717) is 19.0 Å². The highest BCUT2D eigenvalue weighted by Crippen LogP contribution is 2.02. The van der Waals surface area contributed by atoms with Crippen molar-refractivity contribution < 1.29 is 4.74 Å². The van der Waals surface area contributed by atoms with Gasteiger partial charge in [0.25, 0.3) is 0 Å². The van der Waals surface area contributed by atoms with Gasteiger partial charge in [0, 0.05) is 32.5 Å². The Kier molecular flexibility index (Phi) is 7.60. The molecule has 3 N–H and O–H groups in total. The minimum Gasteiger partial charge on any atom is -0.382 e. The summed E-state index contributed by atoms with van der Waals surface area (Å²) in [7, 11) is 1.94. The molecule has 112 valence electrons. The molecule has 0 fully saturated rings. The summed E-state index contributed by atoms with van der Waals surface area (Å²) in [6.45, 7) is 6.78. The van der Waals surface area contributed by atoms with E-state index >= 15 is 0 Å². The van der Waals surface area contributed by atoms with Crippen molar-refractivity contribution in [2.45, 2.75) is 26.8 Å². The molecule has 0 saturated carbocycles. The van der Waals surface area contributed by atoms with Crippen molar-refractivity contribution in [3.05, 3.63) is 29.6 Å². The number of aromatic nitrogens is 1. The fraction of sp³-hybridized carbons (Fsp3) is 0.571. The molecule has 0 aliphatic heterocycles. The molecule has 6 heteroatoms. The highest BCUT2D eigenvalue weighted by molar-refractivity contribution is 5.79. The molecule has 0 aliphatic carbocycles. The Morgan fingerprint density at radius 2 is 2.30 bits per heavy atom. The molecule has 0 atom stereocenters. The number of nitrogens with two attached hydrogens (primary N) is 1. The van der Waals surface area contributed by atoms with Crippen LogP contribution in [0.4, 0.5) is 0 Å². The topological polar surface area (TPSA) is 75.8 Å². The maximum atomic E-state index is 5.52. The van der Waals surface area contributed by atoms with E-state index in [1.807, 2.05) is 44.0 Å². The number of aryl methyl sites for hydroxylation is 1. The lowest BCUT2D eigenvalue weighted by Gasteiger charge is -2.20. The molecule has 1 aromatic rings. The van der Waals surface area contributed by atoms with Crippen LogP contribution in [-0.4, -0.2) is 42.6 Å². The lowest BCUT2D eigenvalue weighted by Crippen LogP contribution is -2.42. The van der Waals surface area contributed by atoms with Crippen LogP contribution >= 0.6 is 0 Å². The van der Waals surface area contributed by atoms with Gasteiger partial charge < -0.3 is 9.64 Å². The number of pyridine rings is 1. The monoisotopic (exact) mass is 279 g/mol. The van der Waals surface area contributed by atoms with Gasteiger partial charge in [-0.15, -0.1) is 0 Å². The predicted octanol–water partition coefficient (Wildman–Crippen LogP) is 1.07. The van der Waals surface area contributed by atoms with Crippen LogP contribution in [0.25, 0.3) is 0 Å². The number of guanidine groups is 1. The van der Waals surface area contributed by atoms with E-state index in [1.54, 1.807) is 0 Å². The van der Waals surface area contributed by atoms with Gasteiger partial charge in [-0.05, 0) is 32.4 Å². The van der Waals surface area contributed by atoms with Gasteiger partial charge in [-0.3, -0.25) is 15.4 Å². The molecule has 0 bridgehead atoms. The van der Waals surface area contributed by atoms with Crippen molar-refractivity contribution in [3.8, 4) is 0 Å². The first kappa shape index (κ1) is 16.4. The third-order valence-electron chi connectivity index (χ3n) is 2.75. The van der Waals surface area contributed by atoms with Gasteiger partial charge in [0.2, 0.25) is 5.96 Å². The molecule has 0 saturated heterocycles. The second-order valence-corrected chi connectivity index (χ2v) is 4.53. The first-order chi connectivity index (χ1) is 9.67. The second-order valence-electron chi connectivity index (χ2n) is 4.53. The molecule has 0 unspecified atom stereocenters. The van der Waals surface area contributed by atoms with Crippen molar-refractivity contribution in [2.24, 2.45) is 10.8 Å². The summed E-state index contributed by atoms with van der Waals surface area (Å²) >= 11 is 0. The quantitative estimate of drug-likeness (QED) is 0.257. The van der Waals surface area contributed by atoms with E-state index in [2.05, 4.69) is 15.4 Å². The molecular formula is C14H25N5O. The van der Waals surface area contributed by atoms with Crippen molar-refractivity contribution in [1.29, 1.82) is 0 Å². The van der Waals surface area contributed by atoms with Crippen LogP contribution < -0.4 is 11.3 Å². The van der Waals surface area contributed by atoms with Crippen LogP contribution in [0.2, 0.25) is 0 Å². The van der Waals surface area contributed by atoms with Crippen LogP contribution in [-0.2, 0) is 11.3 Å². The van der Waals surface area contributed by atoms with E-state index in [-0.39, 0.29) is 0 Å². The van der Waals surface area contributed by atoms with Crippen molar-refractivity contribution >= 4 is 5.96 Å². The Morgan fingerprint density at radius 1 is 1.50 bits per heavy atom. The van der Waals surface area contributed by atoms with Gasteiger partial charge in [-0.1, -0.05) is 6.07 Å². The molecular weight excluding hydrogens is 254 g/mol.